The molecule has 0 atom stereocenters. The van der Waals surface area contributed by atoms with Crippen LogP contribution in [0.3, 0.4) is 0 Å². The number of ketones is 1. The zero-order valence-corrected chi connectivity index (χ0v) is 12.7. The van der Waals surface area contributed by atoms with Crippen molar-refractivity contribution in [3.63, 3.8) is 0 Å². The maximum atomic E-state index is 12.0. The molecule has 0 aromatic carbocycles. The van der Waals surface area contributed by atoms with E-state index in [2.05, 4.69) is 21.0 Å². The van der Waals surface area contributed by atoms with Gasteiger partial charge in [-0.1, -0.05) is 0 Å². The fraction of sp³-hybridized carbons (Fsp3) is 0.429. The second-order valence-corrected chi connectivity index (χ2v) is 5.25. The maximum Gasteiger partial charge on any atom is 0.139 e. The van der Waals surface area contributed by atoms with Crippen molar-refractivity contribution in [1.29, 1.82) is 0 Å². The summed E-state index contributed by atoms with van der Waals surface area (Å²) in [4.78, 5) is 12.0. The van der Waals surface area contributed by atoms with Crippen LogP contribution < -0.4 is 0 Å². The third-order valence-corrected chi connectivity index (χ3v) is 4.08. The standard InChI is InChI=1S/C14H17BrN2O2/c1-3-17-13(14(15)10(2)16-17)9-11(18)6-7-12-5-4-8-19-12/h4-5,8H,3,6-7,9H2,1-2H3. The molecule has 0 aliphatic rings. The van der Waals surface area contributed by atoms with Crippen molar-refractivity contribution in [2.75, 3.05) is 0 Å². The van der Waals surface area contributed by atoms with Gasteiger partial charge in [0.25, 0.3) is 0 Å². The number of aryl methyl sites for hydroxylation is 3. The Morgan fingerprint density at radius 3 is 2.95 bits per heavy atom. The van der Waals surface area contributed by atoms with Crippen LogP contribution in [-0.4, -0.2) is 15.6 Å². The Hall–Kier alpha value is -1.36. The first kappa shape index (κ1) is 14.1. The maximum absolute atomic E-state index is 12.0. The Balaban J connectivity index is 1.98. The SMILES string of the molecule is CCn1nc(C)c(Br)c1CC(=O)CCc1ccco1. The summed E-state index contributed by atoms with van der Waals surface area (Å²) in [6.07, 6.45) is 3.19. The van der Waals surface area contributed by atoms with Crippen LogP contribution in [0.2, 0.25) is 0 Å². The molecule has 2 heterocycles. The number of hydrogen-bond acceptors (Lipinski definition) is 3. The number of furan rings is 1. The molecule has 0 aliphatic heterocycles. The fourth-order valence-corrected chi connectivity index (χ4v) is 2.45. The number of halogens is 1. The highest BCUT2D eigenvalue weighted by Crippen LogP contribution is 2.22. The number of carbonyl (C=O) groups excluding carboxylic acids is 1. The summed E-state index contributed by atoms with van der Waals surface area (Å²) in [5.74, 6) is 1.05. The van der Waals surface area contributed by atoms with E-state index in [-0.39, 0.29) is 5.78 Å². The summed E-state index contributed by atoms with van der Waals surface area (Å²) >= 11 is 3.51. The molecule has 0 amide bonds. The quantitative estimate of drug-likeness (QED) is 0.819. The highest BCUT2D eigenvalue weighted by Gasteiger charge is 2.15. The second kappa shape index (κ2) is 6.19. The molecule has 2 aromatic heterocycles. The third kappa shape index (κ3) is 3.35. The molecule has 0 spiro atoms. The van der Waals surface area contributed by atoms with Gasteiger partial charge in [-0.25, -0.2) is 0 Å². The molecule has 0 saturated heterocycles. The minimum atomic E-state index is 0.201. The van der Waals surface area contributed by atoms with Gasteiger partial charge >= 0.3 is 0 Å². The van der Waals surface area contributed by atoms with Crippen LogP contribution in [0, 0.1) is 6.92 Å². The molecule has 19 heavy (non-hydrogen) atoms. The Labute approximate surface area is 120 Å². The fourth-order valence-electron chi connectivity index (χ4n) is 2.03. The van der Waals surface area contributed by atoms with Gasteiger partial charge in [0.15, 0.2) is 0 Å². The molecule has 0 fully saturated rings. The van der Waals surface area contributed by atoms with Gasteiger partial charge in [0.2, 0.25) is 0 Å². The van der Waals surface area contributed by atoms with E-state index in [1.807, 2.05) is 30.7 Å². The normalized spacial score (nSPS) is 10.9. The number of hydrogen-bond donors (Lipinski definition) is 0. The number of carbonyl (C=O) groups is 1. The summed E-state index contributed by atoms with van der Waals surface area (Å²) < 4.78 is 8.05. The summed E-state index contributed by atoms with van der Waals surface area (Å²) in [5, 5.41) is 4.39. The lowest BCUT2D eigenvalue weighted by molar-refractivity contribution is -0.118. The van der Waals surface area contributed by atoms with Crippen LogP contribution in [-0.2, 0) is 24.2 Å². The Morgan fingerprint density at radius 2 is 2.32 bits per heavy atom. The van der Waals surface area contributed by atoms with E-state index in [1.165, 1.54) is 0 Å². The Kier molecular flexibility index (Phi) is 4.58. The second-order valence-electron chi connectivity index (χ2n) is 4.46. The summed E-state index contributed by atoms with van der Waals surface area (Å²) in [7, 11) is 0. The largest absolute Gasteiger partial charge is 0.469 e. The monoisotopic (exact) mass is 324 g/mol. The molecule has 102 valence electrons. The molecule has 0 aliphatic carbocycles. The number of rotatable bonds is 6. The lowest BCUT2D eigenvalue weighted by atomic mass is 10.1. The first-order valence-corrected chi connectivity index (χ1v) is 7.17. The van der Waals surface area contributed by atoms with Gasteiger partial charge in [-0.05, 0) is 41.9 Å². The minimum absolute atomic E-state index is 0.201. The average molecular weight is 325 g/mol. The van der Waals surface area contributed by atoms with Gasteiger partial charge in [-0.3, -0.25) is 9.48 Å². The molecule has 0 radical (unpaired) electrons. The molecular weight excluding hydrogens is 308 g/mol. The summed E-state index contributed by atoms with van der Waals surface area (Å²) in [6, 6.07) is 3.73. The first-order chi connectivity index (χ1) is 9.11. The first-order valence-electron chi connectivity index (χ1n) is 6.37. The van der Waals surface area contributed by atoms with E-state index in [0.717, 1.165) is 28.2 Å². The zero-order valence-electron chi connectivity index (χ0n) is 11.1. The Morgan fingerprint density at radius 1 is 1.53 bits per heavy atom. The third-order valence-electron chi connectivity index (χ3n) is 3.05. The van der Waals surface area contributed by atoms with Crippen LogP contribution >= 0.6 is 15.9 Å². The van der Waals surface area contributed by atoms with Crippen molar-refractivity contribution in [1.82, 2.24) is 9.78 Å². The lowest BCUT2D eigenvalue weighted by Crippen LogP contribution is -2.10. The van der Waals surface area contributed by atoms with Gasteiger partial charge in [-0.15, -0.1) is 0 Å². The molecule has 0 N–H and O–H groups in total. The van der Waals surface area contributed by atoms with Crippen molar-refractivity contribution in [2.24, 2.45) is 0 Å². The van der Waals surface area contributed by atoms with Gasteiger partial charge in [-0.2, -0.15) is 5.10 Å². The molecule has 2 aromatic rings. The molecule has 0 saturated carbocycles. The van der Waals surface area contributed by atoms with Crippen molar-refractivity contribution >= 4 is 21.7 Å². The lowest BCUT2D eigenvalue weighted by Gasteiger charge is -2.04. The molecule has 5 heteroatoms. The average Bonchev–Trinajstić information content (AvgIpc) is 3.00. The summed E-state index contributed by atoms with van der Waals surface area (Å²) in [5.41, 5.74) is 1.89. The molecule has 0 bridgehead atoms. The van der Waals surface area contributed by atoms with Gasteiger partial charge in [0.05, 0.1) is 22.1 Å². The number of nitrogens with zero attached hydrogens (tertiary/aromatic N) is 2. The van der Waals surface area contributed by atoms with E-state index in [9.17, 15) is 4.79 Å². The van der Waals surface area contributed by atoms with Crippen LogP contribution in [0.15, 0.2) is 27.3 Å². The predicted octanol–water partition coefficient (Wildman–Crippen LogP) is 3.31. The predicted molar refractivity (Wildman–Crippen MR) is 76.1 cm³/mol. The Bertz CT molecular complexity index is 558. The topological polar surface area (TPSA) is 48.0 Å². The molecular formula is C14H17BrN2O2. The van der Waals surface area contributed by atoms with Crippen molar-refractivity contribution in [3.05, 3.63) is 40.0 Å². The highest BCUT2D eigenvalue weighted by atomic mass is 79.9. The smallest absolute Gasteiger partial charge is 0.139 e. The van der Waals surface area contributed by atoms with Gasteiger partial charge < -0.3 is 4.42 Å². The summed E-state index contributed by atoms with van der Waals surface area (Å²) in [6.45, 7) is 4.73. The van der Waals surface area contributed by atoms with Crippen LogP contribution in [0.25, 0.3) is 0 Å². The van der Waals surface area contributed by atoms with Gasteiger partial charge in [0, 0.05) is 25.8 Å². The van der Waals surface area contributed by atoms with E-state index in [4.69, 9.17) is 4.42 Å². The van der Waals surface area contributed by atoms with Gasteiger partial charge in [0.1, 0.15) is 11.5 Å². The molecule has 4 nitrogen and oxygen atoms in total. The number of Topliss-reactive ketones (excluding diaryl/α,β-unsaturated/α-hetero) is 1. The van der Waals surface area contributed by atoms with E-state index < -0.39 is 0 Å². The van der Waals surface area contributed by atoms with Crippen molar-refractivity contribution < 1.29 is 9.21 Å². The number of aromatic nitrogens is 2. The molecule has 2 rings (SSSR count). The van der Waals surface area contributed by atoms with Crippen LogP contribution in [0.1, 0.15) is 30.5 Å². The van der Waals surface area contributed by atoms with E-state index >= 15 is 0 Å². The minimum Gasteiger partial charge on any atom is -0.469 e. The molecule has 0 unspecified atom stereocenters. The van der Waals surface area contributed by atoms with Crippen LogP contribution in [0.5, 0.6) is 0 Å². The van der Waals surface area contributed by atoms with Crippen molar-refractivity contribution in [3.8, 4) is 0 Å². The van der Waals surface area contributed by atoms with E-state index in [1.54, 1.807) is 6.26 Å². The highest BCUT2D eigenvalue weighted by molar-refractivity contribution is 9.10. The van der Waals surface area contributed by atoms with E-state index in [0.29, 0.717) is 19.3 Å². The van der Waals surface area contributed by atoms with Crippen LogP contribution in [0.4, 0.5) is 0 Å². The zero-order chi connectivity index (χ0) is 13.8. The van der Waals surface area contributed by atoms with Crippen molar-refractivity contribution in [2.45, 2.75) is 39.7 Å².